The number of hydrogen-bond acceptors (Lipinski definition) is 2. The first-order valence-corrected chi connectivity index (χ1v) is 16.2. The summed E-state index contributed by atoms with van der Waals surface area (Å²) in [5.74, 6) is -96.4. The molecular formula is C22H20F30N2Si. The van der Waals surface area contributed by atoms with Crippen molar-refractivity contribution in [2.24, 2.45) is 10.8 Å². The number of rotatable bonds is 20. The van der Waals surface area contributed by atoms with Crippen LogP contribution in [-0.4, -0.2) is 91.8 Å². The summed E-state index contributed by atoms with van der Waals surface area (Å²) in [6.07, 6.45) is -27.1. The molecule has 0 bridgehead atoms. The number of unbranched alkanes of at least 4 members (excludes halogenated alkanes) is 2. The summed E-state index contributed by atoms with van der Waals surface area (Å²) in [5.41, 5.74) is 0. The van der Waals surface area contributed by atoms with E-state index in [9.17, 15) is 132 Å². The Morgan fingerprint density at radius 2 is 0.436 bits per heavy atom. The van der Waals surface area contributed by atoms with Gasteiger partial charge in [-0.25, -0.2) is 0 Å². The van der Waals surface area contributed by atoms with Crippen molar-refractivity contribution in [2.45, 2.75) is 134 Å². The molecule has 0 spiro atoms. The minimum Gasteiger partial charge on any atom is -0.339 e. The topological polar surface area (TPSA) is 52.0 Å². The fourth-order valence-electron chi connectivity index (χ4n) is 4.04. The smallest absolute Gasteiger partial charge is 0.339 e. The predicted octanol–water partition coefficient (Wildman–Crippen LogP) is 11.4. The SMILES string of the molecule is N[Si](N)(CCCCC(F)(F)C(F)(F)C(F)(F)C(F)(F)C(F)(F)C(F)(F)C(F)(F)F)CCCCC(F)(F)C(F)(F)C(F)(F)C(F)(F)C(F)(F)C(F)(F)C(F)(F)F. The van der Waals surface area contributed by atoms with E-state index in [2.05, 4.69) is 0 Å². The molecule has 0 unspecified atom stereocenters. The molecule has 0 radical (unpaired) electrons. The zero-order chi connectivity index (χ0) is 45.2. The minimum absolute atomic E-state index is 1.03. The van der Waals surface area contributed by atoms with Crippen LogP contribution >= 0.6 is 0 Å². The zero-order valence-electron chi connectivity index (χ0n) is 25.7. The summed E-state index contributed by atoms with van der Waals surface area (Å²) in [6, 6.07) is -2.06. The largest absolute Gasteiger partial charge is 0.460 e. The summed E-state index contributed by atoms with van der Waals surface area (Å²) in [5, 5.41) is 10.8. The monoisotopic (exact) mass is 910 g/mol. The third-order valence-corrected chi connectivity index (χ3v) is 10.1. The second-order valence-electron chi connectivity index (χ2n) is 11.8. The molecule has 332 valence electrons. The van der Waals surface area contributed by atoms with Gasteiger partial charge in [-0.2, -0.15) is 132 Å². The third-order valence-electron chi connectivity index (χ3n) is 7.55. The highest BCUT2D eigenvalue weighted by molar-refractivity contribution is 6.73. The van der Waals surface area contributed by atoms with Crippen molar-refractivity contribution < 1.29 is 132 Å². The van der Waals surface area contributed by atoms with Gasteiger partial charge in [0.15, 0.2) is 8.40 Å². The molecule has 0 aromatic carbocycles. The highest BCUT2D eigenvalue weighted by atomic mass is 28.3. The number of alkyl halides is 30. The first-order chi connectivity index (χ1) is 23.4. The second kappa shape index (κ2) is 14.7. The lowest BCUT2D eigenvalue weighted by Crippen LogP contribution is -2.72. The Morgan fingerprint density at radius 1 is 0.255 bits per heavy atom. The highest BCUT2D eigenvalue weighted by Crippen LogP contribution is 2.64. The molecule has 0 amide bonds. The van der Waals surface area contributed by atoms with Gasteiger partial charge in [-0.05, 0) is 24.9 Å². The lowest BCUT2D eigenvalue weighted by atomic mass is 9.89. The molecule has 0 aromatic heterocycles. The summed E-state index contributed by atoms with van der Waals surface area (Å²) in [4.78, 5) is 0. The maximum absolute atomic E-state index is 13.9. The Labute approximate surface area is 286 Å². The summed E-state index contributed by atoms with van der Waals surface area (Å²) >= 11 is 0. The summed E-state index contributed by atoms with van der Waals surface area (Å²) < 4.78 is 397. The van der Waals surface area contributed by atoms with E-state index in [1.54, 1.807) is 0 Å². The van der Waals surface area contributed by atoms with Gasteiger partial charge in [0.25, 0.3) is 0 Å². The van der Waals surface area contributed by atoms with E-state index in [1.165, 1.54) is 0 Å². The van der Waals surface area contributed by atoms with Crippen LogP contribution in [-0.2, 0) is 0 Å². The molecule has 0 aromatic rings. The molecule has 0 aliphatic rings. The standard InChI is InChI=1S/C22H20F30N2Si/c23-9(24,11(27,28)13(31,32)15(35,36)17(39,40)19(43,44)21(47,48)49)5-1-3-7-55(53,54)8-4-2-6-10(25,26)12(29,30)14(33,34)16(37,38)18(41,42)20(45,46)22(50,51)52/h1-8,53-54H2. The lowest BCUT2D eigenvalue weighted by molar-refractivity contribution is -0.452. The van der Waals surface area contributed by atoms with Crippen LogP contribution in [0.4, 0.5) is 132 Å². The van der Waals surface area contributed by atoms with E-state index in [0.29, 0.717) is 0 Å². The quantitative estimate of drug-likeness (QED) is 0.0726. The van der Waals surface area contributed by atoms with Crippen molar-refractivity contribution in [3.05, 3.63) is 0 Å². The average Bonchev–Trinajstić information content (AvgIpc) is 2.95. The molecule has 33 heteroatoms. The van der Waals surface area contributed by atoms with Crippen LogP contribution in [0.2, 0.25) is 12.1 Å². The second-order valence-corrected chi connectivity index (χ2v) is 15.3. The van der Waals surface area contributed by atoms with Gasteiger partial charge in [-0.15, -0.1) is 0 Å². The fraction of sp³-hybridized carbons (Fsp3) is 1.00. The average molecular weight is 910 g/mol. The van der Waals surface area contributed by atoms with Gasteiger partial charge < -0.3 is 10.8 Å². The van der Waals surface area contributed by atoms with Crippen molar-refractivity contribution in [2.75, 3.05) is 0 Å². The van der Waals surface area contributed by atoms with Crippen LogP contribution in [0.15, 0.2) is 0 Å². The number of halogens is 30. The molecule has 2 nitrogen and oxygen atoms in total. The van der Waals surface area contributed by atoms with Crippen LogP contribution in [0.3, 0.4) is 0 Å². The van der Waals surface area contributed by atoms with Crippen molar-refractivity contribution >= 4 is 8.40 Å². The third kappa shape index (κ3) is 8.47. The summed E-state index contributed by atoms with van der Waals surface area (Å²) in [7, 11) is -4.23. The molecule has 0 rings (SSSR count). The van der Waals surface area contributed by atoms with E-state index in [0.717, 1.165) is 0 Å². The van der Waals surface area contributed by atoms with E-state index in [-0.39, 0.29) is 0 Å². The highest BCUT2D eigenvalue weighted by Gasteiger charge is 2.94. The molecule has 0 heterocycles. The molecule has 0 saturated carbocycles. The first-order valence-electron chi connectivity index (χ1n) is 13.7. The molecule has 0 atom stereocenters. The fourth-order valence-corrected chi connectivity index (χ4v) is 6.11. The van der Waals surface area contributed by atoms with E-state index < -0.39 is 142 Å². The van der Waals surface area contributed by atoms with Crippen LogP contribution < -0.4 is 10.8 Å². The predicted molar refractivity (Wildman–Crippen MR) is 123 cm³/mol. The molecule has 0 aliphatic carbocycles. The lowest BCUT2D eigenvalue weighted by Gasteiger charge is -2.41. The van der Waals surface area contributed by atoms with Crippen molar-refractivity contribution in [3.8, 4) is 0 Å². The maximum Gasteiger partial charge on any atom is 0.460 e. The maximum atomic E-state index is 13.9. The van der Waals surface area contributed by atoms with Crippen LogP contribution in [0.1, 0.15) is 38.5 Å². The van der Waals surface area contributed by atoms with Gasteiger partial charge in [-0.3, -0.25) is 0 Å². The number of nitrogens with two attached hydrogens (primary N) is 2. The Kier molecular flexibility index (Phi) is 14.2. The molecule has 0 fully saturated rings. The molecule has 0 aliphatic heterocycles. The normalized spacial score (nSPS) is 16.6. The van der Waals surface area contributed by atoms with Crippen molar-refractivity contribution in [1.29, 1.82) is 0 Å². The Balaban J connectivity index is 5.72. The van der Waals surface area contributed by atoms with Gasteiger partial charge in [0.2, 0.25) is 0 Å². The van der Waals surface area contributed by atoms with Crippen LogP contribution in [0.5, 0.6) is 0 Å². The Bertz CT molecular complexity index is 1200. The Hall–Kier alpha value is -1.96. The molecule has 55 heavy (non-hydrogen) atoms. The molecule has 4 N–H and O–H groups in total. The van der Waals surface area contributed by atoms with Crippen molar-refractivity contribution in [3.63, 3.8) is 0 Å². The first kappa shape index (κ1) is 53.0. The van der Waals surface area contributed by atoms with Crippen LogP contribution in [0, 0.1) is 0 Å². The number of hydrogen-bond donors (Lipinski definition) is 2. The van der Waals surface area contributed by atoms with Gasteiger partial charge in [0, 0.05) is 12.8 Å². The van der Waals surface area contributed by atoms with Gasteiger partial charge in [-0.1, -0.05) is 12.8 Å². The van der Waals surface area contributed by atoms with E-state index in [4.69, 9.17) is 10.8 Å². The van der Waals surface area contributed by atoms with E-state index in [1.807, 2.05) is 0 Å². The van der Waals surface area contributed by atoms with Crippen molar-refractivity contribution in [1.82, 2.24) is 0 Å². The van der Waals surface area contributed by atoms with Gasteiger partial charge in [0.05, 0.1) is 0 Å². The minimum atomic E-state index is -8.56. The Morgan fingerprint density at radius 3 is 0.636 bits per heavy atom. The van der Waals surface area contributed by atoms with E-state index >= 15 is 0 Å². The van der Waals surface area contributed by atoms with Gasteiger partial charge >= 0.3 is 83.4 Å². The summed E-state index contributed by atoms with van der Waals surface area (Å²) in [6.45, 7) is 0. The van der Waals surface area contributed by atoms with Crippen LogP contribution in [0.25, 0.3) is 0 Å². The van der Waals surface area contributed by atoms with Gasteiger partial charge in [0.1, 0.15) is 0 Å². The molecular weight excluding hydrogens is 890 g/mol. The molecule has 0 saturated heterocycles. The zero-order valence-corrected chi connectivity index (χ0v) is 26.7.